The smallest absolute Gasteiger partial charge is 0.266 e. The van der Waals surface area contributed by atoms with E-state index in [-0.39, 0.29) is 11.4 Å². The standard InChI is InChI=1S/C21H19ClFN3O/c1-14-10-20(26-8-2-3-9-26)19(23)12-15(14)11-16(13-24)21(27)25-18-6-4-17(22)5-7-18/h4-7,10-12H,2-3,8-9H2,1H3,(H,25,27)/b16-11-. The number of nitriles is 1. The molecule has 0 radical (unpaired) electrons. The van der Waals surface area contributed by atoms with Gasteiger partial charge in [0.2, 0.25) is 0 Å². The van der Waals surface area contributed by atoms with Crippen LogP contribution in [0.25, 0.3) is 6.08 Å². The number of nitrogens with one attached hydrogen (secondary N) is 1. The Morgan fingerprint density at radius 1 is 1.26 bits per heavy atom. The molecule has 1 aliphatic rings. The van der Waals surface area contributed by atoms with Crippen molar-refractivity contribution in [1.29, 1.82) is 5.26 Å². The summed E-state index contributed by atoms with van der Waals surface area (Å²) in [4.78, 5) is 14.4. The van der Waals surface area contributed by atoms with Gasteiger partial charge in [0.25, 0.3) is 5.91 Å². The number of benzene rings is 2. The van der Waals surface area contributed by atoms with Crippen molar-refractivity contribution in [3.05, 3.63) is 63.9 Å². The second-order valence-electron chi connectivity index (χ2n) is 6.49. The van der Waals surface area contributed by atoms with Crippen molar-refractivity contribution in [3.8, 4) is 6.07 Å². The van der Waals surface area contributed by atoms with Crippen molar-refractivity contribution in [2.45, 2.75) is 19.8 Å². The summed E-state index contributed by atoms with van der Waals surface area (Å²) in [6.45, 7) is 3.54. The summed E-state index contributed by atoms with van der Waals surface area (Å²) in [7, 11) is 0. The minimum Gasteiger partial charge on any atom is -0.369 e. The Morgan fingerprint density at radius 2 is 1.93 bits per heavy atom. The second-order valence-corrected chi connectivity index (χ2v) is 6.92. The van der Waals surface area contributed by atoms with Crippen LogP contribution >= 0.6 is 11.6 Å². The number of anilines is 2. The molecule has 0 aliphatic carbocycles. The largest absolute Gasteiger partial charge is 0.369 e. The summed E-state index contributed by atoms with van der Waals surface area (Å²) in [6, 6.07) is 11.6. The second kappa shape index (κ2) is 8.24. The summed E-state index contributed by atoms with van der Waals surface area (Å²) >= 11 is 5.82. The highest BCUT2D eigenvalue weighted by Crippen LogP contribution is 2.28. The van der Waals surface area contributed by atoms with Gasteiger partial charge in [0.05, 0.1) is 5.69 Å². The molecule has 0 atom stereocenters. The van der Waals surface area contributed by atoms with Crippen LogP contribution in [-0.2, 0) is 4.79 Å². The van der Waals surface area contributed by atoms with Gasteiger partial charge in [0.1, 0.15) is 17.5 Å². The number of hydrogen-bond donors (Lipinski definition) is 1. The van der Waals surface area contributed by atoms with E-state index in [1.807, 2.05) is 17.9 Å². The van der Waals surface area contributed by atoms with E-state index in [2.05, 4.69) is 5.32 Å². The van der Waals surface area contributed by atoms with Gasteiger partial charge in [-0.2, -0.15) is 5.26 Å². The SMILES string of the molecule is Cc1cc(N2CCCC2)c(F)cc1/C=C(/C#N)C(=O)Nc1ccc(Cl)cc1. The predicted molar refractivity (Wildman–Crippen MR) is 106 cm³/mol. The fraction of sp³-hybridized carbons (Fsp3) is 0.238. The zero-order valence-corrected chi connectivity index (χ0v) is 15.7. The molecule has 0 saturated carbocycles. The molecule has 2 aromatic rings. The van der Waals surface area contributed by atoms with Gasteiger partial charge in [-0.05, 0) is 73.4 Å². The van der Waals surface area contributed by atoms with Crippen LogP contribution in [-0.4, -0.2) is 19.0 Å². The number of carbonyl (C=O) groups excluding carboxylic acids is 1. The Morgan fingerprint density at radius 3 is 2.56 bits per heavy atom. The first-order valence-corrected chi connectivity index (χ1v) is 9.09. The highest BCUT2D eigenvalue weighted by Gasteiger charge is 2.18. The zero-order chi connectivity index (χ0) is 19.4. The van der Waals surface area contributed by atoms with Crippen LogP contribution in [0.3, 0.4) is 0 Å². The molecule has 6 heteroatoms. The third kappa shape index (κ3) is 4.47. The van der Waals surface area contributed by atoms with E-state index in [1.54, 1.807) is 30.3 Å². The third-order valence-corrected chi connectivity index (χ3v) is 4.80. The maximum atomic E-state index is 14.6. The quantitative estimate of drug-likeness (QED) is 0.601. The van der Waals surface area contributed by atoms with Crippen LogP contribution in [0, 0.1) is 24.1 Å². The molecule has 1 heterocycles. The molecule has 138 valence electrons. The molecule has 0 unspecified atom stereocenters. The van der Waals surface area contributed by atoms with Crippen LogP contribution in [0.1, 0.15) is 24.0 Å². The van der Waals surface area contributed by atoms with Crippen molar-refractivity contribution in [2.24, 2.45) is 0 Å². The first-order chi connectivity index (χ1) is 13.0. The molecule has 1 saturated heterocycles. The van der Waals surface area contributed by atoms with Crippen molar-refractivity contribution in [3.63, 3.8) is 0 Å². The Labute approximate surface area is 162 Å². The van der Waals surface area contributed by atoms with E-state index in [9.17, 15) is 14.4 Å². The molecule has 27 heavy (non-hydrogen) atoms. The number of amides is 1. The summed E-state index contributed by atoms with van der Waals surface area (Å²) in [5.41, 5.74) is 2.33. The summed E-state index contributed by atoms with van der Waals surface area (Å²) in [5, 5.41) is 12.6. The molecule has 0 spiro atoms. The van der Waals surface area contributed by atoms with Crippen molar-refractivity contribution >= 4 is 35.0 Å². The van der Waals surface area contributed by atoms with Gasteiger partial charge in [-0.25, -0.2) is 4.39 Å². The molecule has 1 amide bonds. The number of carbonyl (C=O) groups is 1. The highest BCUT2D eigenvalue weighted by molar-refractivity contribution is 6.30. The van der Waals surface area contributed by atoms with Crippen LogP contribution in [0.4, 0.5) is 15.8 Å². The van der Waals surface area contributed by atoms with E-state index >= 15 is 0 Å². The Hall–Kier alpha value is -2.84. The average molecular weight is 384 g/mol. The number of halogens is 2. The predicted octanol–water partition coefficient (Wildman–Crippen LogP) is 4.93. The van der Waals surface area contributed by atoms with Crippen molar-refractivity contribution in [2.75, 3.05) is 23.3 Å². The lowest BCUT2D eigenvalue weighted by Gasteiger charge is -2.19. The van der Waals surface area contributed by atoms with E-state index in [0.29, 0.717) is 22.0 Å². The summed E-state index contributed by atoms with van der Waals surface area (Å²) < 4.78 is 14.6. The van der Waals surface area contributed by atoms with Gasteiger partial charge >= 0.3 is 0 Å². The van der Waals surface area contributed by atoms with Gasteiger partial charge in [-0.1, -0.05) is 11.6 Å². The molecule has 1 fully saturated rings. The Kier molecular flexibility index (Phi) is 5.78. The number of rotatable bonds is 4. The van der Waals surface area contributed by atoms with Gasteiger partial charge < -0.3 is 10.2 Å². The van der Waals surface area contributed by atoms with Crippen LogP contribution in [0.15, 0.2) is 42.0 Å². The first kappa shape index (κ1) is 18.9. The molecule has 0 aromatic heterocycles. The molecular weight excluding hydrogens is 365 g/mol. The first-order valence-electron chi connectivity index (χ1n) is 8.72. The van der Waals surface area contributed by atoms with Crippen LogP contribution in [0.2, 0.25) is 5.02 Å². The number of nitrogens with zero attached hydrogens (tertiary/aromatic N) is 2. The Balaban J connectivity index is 1.84. The normalized spacial score (nSPS) is 14.1. The summed E-state index contributed by atoms with van der Waals surface area (Å²) in [5.74, 6) is -0.896. The fourth-order valence-corrected chi connectivity index (χ4v) is 3.20. The van der Waals surface area contributed by atoms with Crippen LogP contribution < -0.4 is 10.2 Å². The number of aryl methyl sites for hydroxylation is 1. The molecule has 1 N–H and O–H groups in total. The van der Waals surface area contributed by atoms with Crippen molar-refractivity contribution < 1.29 is 9.18 Å². The lowest BCUT2D eigenvalue weighted by atomic mass is 10.0. The molecule has 0 bridgehead atoms. The topological polar surface area (TPSA) is 56.1 Å². The Bertz CT molecular complexity index is 926. The molecular formula is C21H19ClFN3O. The highest BCUT2D eigenvalue weighted by atomic mass is 35.5. The molecule has 3 rings (SSSR count). The van der Waals surface area contributed by atoms with E-state index in [4.69, 9.17) is 11.6 Å². The van der Waals surface area contributed by atoms with Crippen LogP contribution in [0.5, 0.6) is 0 Å². The van der Waals surface area contributed by atoms with E-state index < -0.39 is 5.91 Å². The lowest BCUT2D eigenvalue weighted by molar-refractivity contribution is -0.112. The third-order valence-electron chi connectivity index (χ3n) is 4.55. The van der Waals surface area contributed by atoms with E-state index in [0.717, 1.165) is 31.5 Å². The maximum absolute atomic E-state index is 14.6. The average Bonchev–Trinajstić information content (AvgIpc) is 3.18. The molecule has 1 aliphatic heterocycles. The maximum Gasteiger partial charge on any atom is 0.266 e. The lowest BCUT2D eigenvalue weighted by Crippen LogP contribution is -2.19. The van der Waals surface area contributed by atoms with Gasteiger partial charge in [0, 0.05) is 23.8 Å². The van der Waals surface area contributed by atoms with Gasteiger partial charge in [0.15, 0.2) is 0 Å². The monoisotopic (exact) mass is 383 g/mol. The number of hydrogen-bond acceptors (Lipinski definition) is 3. The van der Waals surface area contributed by atoms with Gasteiger partial charge in [-0.15, -0.1) is 0 Å². The zero-order valence-electron chi connectivity index (χ0n) is 14.9. The molecule has 2 aromatic carbocycles. The minimum atomic E-state index is -0.553. The fourth-order valence-electron chi connectivity index (χ4n) is 3.07. The van der Waals surface area contributed by atoms with Gasteiger partial charge in [-0.3, -0.25) is 4.79 Å². The molecule has 4 nitrogen and oxygen atoms in total. The van der Waals surface area contributed by atoms with E-state index in [1.165, 1.54) is 12.1 Å². The van der Waals surface area contributed by atoms with Crippen molar-refractivity contribution in [1.82, 2.24) is 0 Å². The summed E-state index contributed by atoms with van der Waals surface area (Å²) in [6.07, 6.45) is 3.53. The minimum absolute atomic E-state index is 0.0960.